The third-order valence-corrected chi connectivity index (χ3v) is 2.75. The van der Waals surface area contributed by atoms with E-state index < -0.39 is 5.97 Å². The fourth-order valence-electron chi connectivity index (χ4n) is 1.62. The van der Waals surface area contributed by atoms with Crippen molar-refractivity contribution in [3.63, 3.8) is 0 Å². The number of aromatic nitrogens is 2. The smallest absolute Gasteiger partial charge is 0.356 e. The van der Waals surface area contributed by atoms with Crippen LogP contribution in [0.3, 0.4) is 0 Å². The number of rotatable bonds is 7. The summed E-state index contributed by atoms with van der Waals surface area (Å²) in [5, 5.41) is 12.3. The van der Waals surface area contributed by atoms with Crippen LogP contribution in [0.2, 0.25) is 0 Å². The zero-order valence-electron chi connectivity index (χ0n) is 11.8. The van der Waals surface area contributed by atoms with Gasteiger partial charge in [-0.1, -0.05) is 20.8 Å². The first kappa shape index (κ1) is 15.4. The van der Waals surface area contributed by atoms with E-state index in [1.54, 1.807) is 7.11 Å². The molecule has 2 N–H and O–H groups in total. The second-order valence-corrected chi connectivity index (χ2v) is 4.66. The van der Waals surface area contributed by atoms with E-state index in [0.29, 0.717) is 18.1 Å². The number of anilines is 1. The van der Waals surface area contributed by atoms with E-state index in [0.717, 1.165) is 6.42 Å². The number of aromatic carboxylic acids is 1. The summed E-state index contributed by atoms with van der Waals surface area (Å²) in [6, 6.07) is 0.0385. The number of carbonyl (C=O) groups is 1. The number of hydrogen-bond donors (Lipinski definition) is 2. The van der Waals surface area contributed by atoms with Crippen molar-refractivity contribution in [2.24, 2.45) is 0 Å². The second-order valence-electron chi connectivity index (χ2n) is 4.66. The third-order valence-electron chi connectivity index (χ3n) is 2.75. The molecule has 0 amide bonds. The molecule has 19 heavy (non-hydrogen) atoms. The highest BCUT2D eigenvalue weighted by atomic mass is 16.5. The standard InChI is InChI=1S/C13H21N3O3/c1-5-9(7-19-4)15-10-6-14-12(8(2)3)16-11(10)13(17)18/h6,8-9,15H,5,7H2,1-4H3,(H,17,18). The normalized spacial score (nSPS) is 12.5. The highest BCUT2D eigenvalue weighted by molar-refractivity contribution is 5.91. The number of methoxy groups -OCH3 is 1. The van der Waals surface area contributed by atoms with Gasteiger partial charge in [-0.2, -0.15) is 0 Å². The van der Waals surface area contributed by atoms with Gasteiger partial charge >= 0.3 is 5.97 Å². The van der Waals surface area contributed by atoms with E-state index in [1.807, 2.05) is 20.8 Å². The van der Waals surface area contributed by atoms with Gasteiger partial charge in [0, 0.05) is 19.1 Å². The molecule has 6 heteroatoms. The number of nitrogens with zero attached hydrogens (tertiary/aromatic N) is 2. The van der Waals surface area contributed by atoms with Gasteiger partial charge in [0.05, 0.1) is 18.5 Å². The van der Waals surface area contributed by atoms with Crippen molar-refractivity contribution in [1.29, 1.82) is 0 Å². The van der Waals surface area contributed by atoms with Gasteiger partial charge in [-0.3, -0.25) is 0 Å². The molecule has 0 bridgehead atoms. The summed E-state index contributed by atoms with van der Waals surface area (Å²) in [5.74, 6) is -0.435. The van der Waals surface area contributed by atoms with Crippen LogP contribution in [0.1, 0.15) is 49.4 Å². The van der Waals surface area contributed by atoms with E-state index in [-0.39, 0.29) is 17.7 Å². The molecule has 0 aromatic carbocycles. The van der Waals surface area contributed by atoms with E-state index >= 15 is 0 Å². The molecule has 1 heterocycles. The van der Waals surface area contributed by atoms with Gasteiger partial charge in [0.1, 0.15) is 5.82 Å². The molecule has 0 aliphatic carbocycles. The lowest BCUT2D eigenvalue weighted by Gasteiger charge is -2.18. The van der Waals surface area contributed by atoms with E-state index in [2.05, 4.69) is 15.3 Å². The van der Waals surface area contributed by atoms with Crippen molar-refractivity contribution < 1.29 is 14.6 Å². The minimum atomic E-state index is -1.06. The first-order chi connectivity index (χ1) is 8.99. The molecule has 106 valence electrons. The topological polar surface area (TPSA) is 84.3 Å². The lowest BCUT2D eigenvalue weighted by atomic mass is 10.2. The van der Waals surface area contributed by atoms with Crippen molar-refractivity contribution in [1.82, 2.24) is 9.97 Å². The van der Waals surface area contributed by atoms with E-state index in [9.17, 15) is 9.90 Å². The monoisotopic (exact) mass is 267 g/mol. The first-order valence-electron chi connectivity index (χ1n) is 6.35. The highest BCUT2D eigenvalue weighted by Crippen LogP contribution is 2.17. The molecule has 0 aliphatic rings. The fraction of sp³-hybridized carbons (Fsp3) is 0.615. The lowest BCUT2D eigenvalue weighted by Crippen LogP contribution is -2.26. The van der Waals surface area contributed by atoms with Crippen LogP contribution < -0.4 is 5.32 Å². The molecule has 0 fully saturated rings. The zero-order valence-corrected chi connectivity index (χ0v) is 11.8. The van der Waals surface area contributed by atoms with Crippen LogP contribution in [-0.2, 0) is 4.74 Å². The summed E-state index contributed by atoms with van der Waals surface area (Å²) in [6.07, 6.45) is 2.35. The average Bonchev–Trinajstić information content (AvgIpc) is 2.37. The number of ether oxygens (including phenoxy) is 1. The molecular weight excluding hydrogens is 246 g/mol. The summed E-state index contributed by atoms with van der Waals surface area (Å²) in [7, 11) is 1.61. The summed E-state index contributed by atoms with van der Waals surface area (Å²) in [5.41, 5.74) is 0.439. The molecule has 0 saturated carbocycles. The predicted molar refractivity (Wildman–Crippen MR) is 72.7 cm³/mol. The largest absolute Gasteiger partial charge is 0.476 e. The van der Waals surface area contributed by atoms with Crippen molar-refractivity contribution in [2.45, 2.75) is 39.2 Å². The summed E-state index contributed by atoms with van der Waals surface area (Å²) >= 11 is 0. The van der Waals surface area contributed by atoms with Crippen LogP contribution in [0, 0.1) is 0 Å². The van der Waals surface area contributed by atoms with Crippen LogP contribution in [0.5, 0.6) is 0 Å². The molecule has 1 unspecified atom stereocenters. The van der Waals surface area contributed by atoms with Gasteiger partial charge < -0.3 is 15.2 Å². The molecule has 1 aromatic heterocycles. The Bertz CT molecular complexity index is 435. The third kappa shape index (κ3) is 4.17. The van der Waals surface area contributed by atoms with Gasteiger partial charge in [-0.05, 0) is 6.42 Å². The molecule has 1 aromatic rings. The first-order valence-corrected chi connectivity index (χ1v) is 6.35. The molecular formula is C13H21N3O3. The Kier molecular flexibility index (Phi) is 5.69. The summed E-state index contributed by atoms with van der Waals surface area (Å²) in [6.45, 7) is 6.35. The van der Waals surface area contributed by atoms with Crippen molar-refractivity contribution in [2.75, 3.05) is 19.0 Å². The number of nitrogens with one attached hydrogen (secondary N) is 1. The van der Waals surface area contributed by atoms with Crippen LogP contribution in [0.25, 0.3) is 0 Å². The average molecular weight is 267 g/mol. The van der Waals surface area contributed by atoms with Gasteiger partial charge in [-0.15, -0.1) is 0 Å². The Morgan fingerprint density at radius 1 is 1.53 bits per heavy atom. The molecule has 0 spiro atoms. The summed E-state index contributed by atoms with van der Waals surface area (Å²) in [4.78, 5) is 19.6. The van der Waals surface area contributed by atoms with Crippen molar-refractivity contribution in [3.05, 3.63) is 17.7 Å². The van der Waals surface area contributed by atoms with Crippen LogP contribution in [0.4, 0.5) is 5.69 Å². The van der Waals surface area contributed by atoms with Crippen LogP contribution in [-0.4, -0.2) is 40.8 Å². The fourth-order valence-corrected chi connectivity index (χ4v) is 1.62. The van der Waals surface area contributed by atoms with Crippen LogP contribution >= 0.6 is 0 Å². The Morgan fingerprint density at radius 3 is 2.68 bits per heavy atom. The minimum absolute atomic E-state index is 0.00764. The number of hydrogen-bond acceptors (Lipinski definition) is 5. The molecule has 0 radical (unpaired) electrons. The number of carboxylic acids is 1. The quantitative estimate of drug-likeness (QED) is 0.787. The highest BCUT2D eigenvalue weighted by Gasteiger charge is 2.17. The minimum Gasteiger partial charge on any atom is -0.476 e. The van der Waals surface area contributed by atoms with Gasteiger partial charge in [0.2, 0.25) is 0 Å². The molecule has 6 nitrogen and oxygen atoms in total. The number of carboxylic acid groups (broad SMARTS) is 1. The maximum Gasteiger partial charge on any atom is 0.356 e. The molecule has 0 aliphatic heterocycles. The van der Waals surface area contributed by atoms with E-state index in [1.165, 1.54) is 6.20 Å². The second kappa shape index (κ2) is 7.04. The van der Waals surface area contributed by atoms with Crippen molar-refractivity contribution in [3.8, 4) is 0 Å². The van der Waals surface area contributed by atoms with Gasteiger partial charge in [0.15, 0.2) is 5.69 Å². The SMILES string of the molecule is CCC(COC)Nc1cnc(C(C)C)nc1C(=O)O. The molecule has 1 rings (SSSR count). The zero-order chi connectivity index (χ0) is 14.4. The Labute approximate surface area is 113 Å². The van der Waals surface area contributed by atoms with Crippen molar-refractivity contribution >= 4 is 11.7 Å². The summed E-state index contributed by atoms with van der Waals surface area (Å²) < 4.78 is 5.08. The molecule has 0 saturated heterocycles. The Hall–Kier alpha value is -1.69. The lowest BCUT2D eigenvalue weighted by molar-refractivity contribution is 0.0691. The maximum atomic E-state index is 11.3. The van der Waals surface area contributed by atoms with Gasteiger partial charge in [-0.25, -0.2) is 14.8 Å². The van der Waals surface area contributed by atoms with Crippen LogP contribution in [0.15, 0.2) is 6.20 Å². The molecule has 1 atom stereocenters. The predicted octanol–water partition coefficient (Wildman–Crippen LogP) is 2.14. The van der Waals surface area contributed by atoms with E-state index in [4.69, 9.17) is 4.74 Å². The maximum absolute atomic E-state index is 11.3. The Balaban J connectivity index is 3.02. The van der Waals surface area contributed by atoms with Gasteiger partial charge in [0.25, 0.3) is 0 Å². The Morgan fingerprint density at radius 2 is 2.21 bits per heavy atom.